The third-order valence-corrected chi connectivity index (χ3v) is 5.97. The molecule has 1 fully saturated rings. The van der Waals surface area contributed by atoms with Crippen molar-refractivity contribution in [2.24, 2.45) is 0 Å². The molecular weight excluding hydrogens is 400 g/mol. The number of benzene rings is 1. The van der Waals surface area contributed by atoms with Crippen molar-refractivity contribution >= 4 is 28.2 Å². The number of imidazole rings is 1. The molecule has 1 atom stereocenters. The minimum Gasteiger partial charge on any atom is -0.398 e. The molecule has 1 aromatic carbocycles. The number of Topliss-reactive ketones (excluding diaryl/α,β-unsaturated/α-hetero) is 1. The Bertz CT molecular complexity index is 1370. The molecule has 0 bridgehead atoms. The average Bonchev–Trinajstić information content (AvgIpc) is 3.57. The van der Waals surface area contributed by atoms with Crippen LogP contribution in [-0.4, -0.2) is 31.4 Å². The smallest absolute Gasteiger partial charge is 0.206 e. The Hall–Kier alpha value is -3.87. The first kappa shape index (κ1) is 20.1. The van der Waals surface area contributed by atoms with Crippen molar-refractivity contribution in [3.8, 4) is 0 Å². The molecule has 5 rings (SSSR count). The summed E-state index contributed by atoms with van der Waals surface area (Å²) < 4.78 is 0. The number of nitrogens with one attached hydrogen (secondary N) is 2. The van der Waals surface area contributed by atoms with Crippen LogP contribution in [0.2, 0.25) is 0 Å². The van der Waals surface area contributed by atoms with Gasteiger partial charge in [-0.05, 0) is 63.1 Å². The number of hydrogen-bond acceptors (Lipinski definition) is 6. The summed E-state index contributed by atoms with van der Waals surface area (Å²) in [6.07, 6.45) is 4.05. The first-order valence-electron chi connectivity index (χ1n) is 10.7. The highest BCUT2D eigenvalue weighted by molar-refractivity contribution is 6.15. The zero-order valence-electron chi connectivity index (χ0n) is 18.0. The van der Waals surface area contributed by atoms with Gasteiger partial charge in [-0.15, -0.1) is 0 Å². The number of carbonyl (C=O) groups is 1. The van der Waals surface area contributed by atoms with E-state index in [0.29, 0.717) is 39.6 Å². The third kappa shape index (κ3) is 3.66. The predicted octanol–water partition coefficient (Wildman–Crippen LogP) is 4.52. The summed E-state index contributed by atoms with van der Waals surface area (Å²) in [4.78, 5) is 29.5. The maximum Gasteiger partial charge on any atom is 0.206 e. The number of hydrogen-bond donors (Lipinski definition) is 3. The number of ketones is 1. The third-order valence-electron chi connectivity index (χ3n) is 5.97. The van der Waals surface area contributed by atoms with E-state index in [0.717, 1.165) is 29.8 Å². The summed E-state index contributed by atoms with van der Waals surface area (Å²) in [5.41, 5.74) is 12.3. The molecule has 0 aliphatic heterocycles. The Kier molecular flexibility index (Phi) is 4.81. The molecule has 32 heavy (non-hydrogen) atoms. The Morgan fingerprint density at radius 2 is 2.00 bits per heavy atom. The van der Waals surface area contributed by atoms with Crippen LogP contribution in [0.3, 0.4) is 0 Å². The summed E-state index contributed by atoms with van der Waals surface area (Å²) in [7, 11) is 0. The zero-order chi connectivity index (χ0) is 22.4. The molecule has 1 aliphatic carbocycles. The van der Waals surface area contributed by atoms with E-state index in [1.807, 2.05) is 44.2 Å². The van der Waals surface area contributed by atoms with Crippen LogP contribution in [0.4, 0.5) is 5.69 Å². The van der Waals surface area contributed by atoms with Gasteiger partial charge in [0.15, 0.2) is 5.82 Å². The molecule has 160 valence electrons. The lowest BCUT2D eigenvalue weighted by atomic mass is 10.00. The van der Waals surface area contributed by atoms with Gasteiger partial charge in [-0.25, -0.2) is 4.98 Å². The van der Waals surface area contributed by atoms with E-state index in [9.17, 15) is 4.79 Å². The molecular formula is C25H24N6O. The van der Waals surface area contributed by atoms with Gasteiger partial charge in [0.25, 0.3) is 0 Å². The van der Waals surface area contributed by atoms with Gasteiger partial charge in [0.05, 0.1) is 28.4 Å². The molecule has 4 aromatic rings. The van der Waals surface area contributed by atoms with Crippen molar-refractivity contribution in [3.63, 3.8) is 0 Å². The van der Waals surface area contributed by atoms with Crippen molar-refractivity contribution in [1.82, 2.24) is 19.9 Å². The van der Waals surface area contributed by atoms with Crippen molar-refractivity contribution in [1.29, 1.82) is 5.41 Å². The summed E-state index contributed by atoms with van der Waals surface area (Å²) in [6, 6.07) is 13.0. The number of nitrogen functional groups attached to an aromatic ring is 1. The number of fused-ring (bicyclic) bond motifs is 1. The average molecular weight is 425 g/mol. The van der Waals surface area contributed by atoms with Gasteiger partial charge >= 0.3 is 0 Å². The summed E-state index contributed by atoms with van der Waals surface area (Å²) in [5, 5.41) is 8.72. The van der Waals surface area contributed by atoms with Crippen molar-refractivity contribution in [3.05, 3.63) is 82.7 Å². The number of aromatic amines is 1. The highest BCUT2D eigenvalue weighted by atomic mass is 16.1. The van der Waals surface area contributed by atoms with Gasteiger partial charge in [0.2, 0.25) is 5.78 Å². The van der Waals surface area contributed by atoms with Crippen LogP contribution in [0.15, 0.2) is 48.7 Å². The minimum atomic E-state index is -0.428. The number of carbonyl (C=O) groups excluding carboxylic acids is 1. The highest BCUT2D eigenvalue weighted by Crippen LogP contribution is 2.39. The molecule has 7 heteroatoms. The molecule has 0 radical (unpaired) electrons. The van der Waals surface area contributed by atoms with Crippen molar-refractivity contribution in [2.75, 3.05) is 5.73 Å². The predicted molar refractivity (Wildman–Crippen MR) is 124 cm³/mol. The molecule has 1 aliphatic rings. The normalized spacial score (nSPS) is 14.4. The van der Waals surface area contributed by atoms with Crippen molar-refractivity contribution < 1.29 is 4.79 Å². The molecule has 1 saturated carbocycles. The number of pyridine rings is 2. The topological polar surface area (TPSA) is 121 Å². The zero-order valence-corrected chi connectivity index (χ0v) is 18.0. The van der Waals surface area contributed by atoms with E-state index in [-0.39, 0.29) is 11.6 Å². The number of aromatic nitrogens is 4. The summed E-state index contributed by atoms with van der Waals surface area (Å²) in [6.45, 7) is 3.73. The fourth-order valence-corrected chi connectivity index (χ4v) is 3.91. The number of H-pyrrole nitrogens is 1. The largest absolute Gasteiger partial charge is 0.398 e. The lowest BCUT2D eigenvalue weighted by Crippen LogP contribution is -2.13. The van der Waals surface area contributed by atoms with Crippen LogP contribution in [0.5, 0.6) is 0 Å². The summed E-state index contributed by atoms with van der Waals surface area (Å²) >= 11 is 0. The van der Waals surface area contributed by atoms with Gasteiger partial charge in [0.1, 0.15) is 0 Å². The van der Waals surface area contributed by atoms with Crippen LogP contribution in [0, 0.1) is 12.3 Å². The van der Waals surface area contributed by atoms with E-state index in [2.05, 4.69) is 19.9 Å². The quantitative estimate of drug-likeness (QED) is 0.239. The Morgan fingerprint density at radius 3 is 2.75 bits per heavy atom. The number of nitrogens with zero attached hydrogens (tertiary/aromatic N) is 3. The maximum atomic E-state index is 13.0. The lowest BCUT2D eigenvalue weighted by molar-refractivity contribution is 0.0955. The van der Waals surface area contributed by atoms with Crippen LogP contribution in [0.1, 0.15) is 70.4 Å². The lowest BCUT2D eigenvalue weighted by Gasteiger charge is -2.09. The highest BCUT2D eigenvalue weighted by Gasteiger charge is 2.26. The maximum absolute atomic E-state index is 13.0. The van der Waals surface area contributed by atoms with E-state index in [4.69, 9.17) is 11.1 Å². The number of nitrogens with two attached hydrogens (primary N) is 1. The van der Waals surface area contributed by atoms with E-state index in [1.165, 1.54) is 0 Å². The van der Waals surface area contributed by atoms with E-state index >= 15 is 0 Å². The Balaban J connectivity index is 1.47. The first-order chi connectivity index (χ1) is 15.4. The second-order valence-electron chi connectivity index (χ2n) is 8.45. The first-order valence-corrected chi connectivity index (χ1v) is 10.7. The SMILES string of the molecule is Cc1cccc(C(C)C(=O)c2nc3cc(N)c(C(=N)c4ccnc(C5CC5)c4)cc3[nH]2)n1. The number of aryl methyl sites for hydroxylation is 1. The second kappa shape index (κ2) is 7.67. The van der Waals surface area contributed by atoms with Gasteiger partial charge < -0.3 is 10.7 Å². The van der Waals surface area contributed by atoms with E-state index in [1.54, 1.807) is 18.3 Å². The molecule has 1 unspecified atom stereocenters. The summed E-state index contributed by atoms with van der Waals surface area (Å²) in [5.74, 6) is 0.202. The Labute approximate surface area is 185 Å². The van der Waals surface area contributed by atoms with Crippen LogP contribution in [0.25, 0.3) is 11.0 Å². The monoisotopic (exact) mass is 424 g/mol. The molecule has 0 spiro atoms. The fourth-order valence-electron chi connectivity index (χ4n) is 3.91. The van der Waals surface area contributed by atoms with Crippen LogP contribution >= 0.6 is 0 Å². The molecule has 0 amide bonds. The van der Waals surface area contributed by atoms with Crippen LogP contribution < -0.4 is 5.73 Å². The van der Waals surface area contributed by atoms with Gasteiger partial charge in [0, 0.05) is 40.3 Å². The minimum absolute atomic E-state index is 0.141. The molecule has 4 N–H and O–H groups in total. The molecule has 3 heterocycles. The number of rotatable bonds is 6. The standard InChI is InChI=1S/C25H24N6O/c1-13-4-3-5-19(29-13)14(2)24(32)25-30-21-11-17(18(26)12-22(21)31-25)23(27)16-8-9-28-20(10-16)15-6-7-15/h3-5,8-12,14-15,27H,6-7,26H2,1-2H3,(H,30,31). The molecule has 0 saturated heterocycles. The fraction of sp³-hybridized carbons (Fsp3) is 0.240. The second-order valence-corrected chi connectivity index (χ2v) is 8.45. The van der Waals surface area contributed by atoms with Gasteiger partial charge in [-0.2, -0.15) is 0 Å². The van der Waals surface area contributed by atoms with E-state index < -0.39 is 5.92 Å². The van der Waals surface area contributed by atoms with Gasteiger partial charge in [-0.3, -0.25) is 20.2 Å². The molecule has 3 aromatic heterocycles. The van der Waals surface area contributed by atoms with Gasteiger partial charge in [-0.1, -0.05) is 6.07 Å². The van der Waals surface area contributed by atoms with Crippen molar-refractivity contribution in [2.45, 2.75) is 38.5 Å². The van der Waals surface area contributed by atoms with Crippen LogP contribution in [-0.2, 0) is 0 Å². The Morgan fingerprint density at radius 1 is 1.19 bits per heavy atom. The molecule has 7 nitrogen and oxygen atoms in total. The number of anilines is 1.